The van der Waals surface area contributed by atoms with Crippen molar-refractivity contribution in [3.63, 3.8) is 0 Å². The quantitative estimate of drug-likeness (QED) is 0.491. The molecule has 0 fully saturated rings. The minimum atomic E-state index is -2.53. The Bertz CT molecular complexity index is 226. The lowest BCUT2D eigenvalue weighted by Crippen LogP contribution is -2.42. The summed E-state index contributed by atoms with van der Waals surface area (Å²) in [7, 11) is 0. The maximum absolute atomic E-state index is 13.3. The minimum absolute atomic E-state index is 0.778. The maximum atomic E-state index is 13.3. The van der Waals surface area contributed by atoms with Gasteiger partial charge in [0.15, 0.2) is 5.78 Å². The van der Waals surface area contributed by atoms with Crippen LogP contribution in [0.5, 0.6) is 0 Å². The van der Waals surface area contributed by atoms with Crippen LogP contribution in [0.25, 0.3) is 0 Å². The number of ether oxygens (including phenoxy) is 1. The standard InChI is InChI=1S/C9H15FO3/c1-6(11)9(5,10)7(12)13-8(2,3)4/h1-5H3/t9-/m0/s1. The fourth-order valence-corrected chi connectivity index (χ4v) is 0.518. The lowest BCUT2D eigenvalue weighted by Gasteiger charge is -2.24. The second-order valence-corrected chi connectivity index (χ2v) is 4.06. The van der Waals surface area contributed by atoms with E-state index in [4.69, 9.17) is 4.74 Å². The molecule has 0 saturated heterocycles. The van der Waals surface area contributed by atoms with Crippen molar-refractivity contribution in [2.45, 2.75) is 45.9 Å². The second-order valence-electron chi connectivity index (χ2n) is 4.06. The Labute approximate surface area is 77.3 Å². The molecule has 0 unspecified atom stereocenters. The molecule has 0 radical (unpaired) electrons. The lowest BCUT2D eigenvalue weighted by atomic mass is 10.0. The Morgan fingerprint density at radius 3 is 1.77 bits per heavy atom. The topological polar surface area (TPSA) is 43.4 Å². The van der Waals surface area contributed by atoms with Gasteiger partial charge in [-0.15, -0.1) is 0 Å². The second kappa shape index (κ2) is 3.44. The molecular formula is C9H15FO3. The van der Waals surface area contributed by atoms with Gasteiger partial charge in [0.25, 0.3) is 5.67 Å². The number of rotatable bonds is 2. The number of halogens is 1. The Morgan fingerprint density at radius 1 is 1.15 bits per heavy atom. The van der Waals surface area contributed by atoms with Crippen LogP contribution in [0, 0.1) is 0 Å². The predicted octanol–water partition coefficient (Wildman–Crippen LogP) is 1.65. The molecule has 0 amide bonds. The molecule has 0 aliphatic carbocycles. The Kier molecular flexibility index (Phi) is 3.19. The van der Waals surface area contributed by atoms with Crippen molar-refractivity contribution < 1.29 is 18.7 Å². The fourth-order valence-electron chi connectivity index (χ4n) is 0.518. The van der Waals surface area contributed by atoms with Crippen molar-refractivity contribution in [2.75, 3.05) is 0 Å². The van der Waals surface area contributed by atoms with E-state index in [0.717, 1.165) is 13.8 Å². The summed E-state index contributed by atoms with van der Waals surface area (Å²) in [6.07, 6.45) is 0. The van der Waals surface area contributed by atoms with Crippen LogP contribution in [-0.4, -0.2) is 23.0 Å². The van der Waals surface area contributed by atoms with E-state index in [2.05, 4.69) is 0 Å². The average Bonchev–Trinajstić information content (AvgIpc) is 1.82. The van der Waals surface area contributed by atoms with Gasteiger partial charge >= 0.3 is 5.97 Å². The van der Waals surface area contributed by atoms with Crippen LogP contribution in [0.4, 0.5) is 4.39 Å². The molecule has 0 spiro atoms. The zero-order valence-corrected chi connectivity index (χ0v) is 8.60. The van der Waals surface area contributed by atoms with Crippen molar-refractivity contribution in [1.82, 2.24) is 0 Å². The summed E-state index contributed by atoms with van der Waals surface area (Å²) in [6, 6.07) is 0. The van der Waals surface area contributed by atoms with Gasteiger partial charge < -0.3 is 4.74 Å². The molecule has 0 aromatic heterocycles. The van der Waals surface area contributed by atoms with Crippen LogP contribution >= 0.6 is 0 Å². The van der Waals surface area contributed by atoms with E-state index in [-0.39, 0.29) is 0 Å². The molecule has 0 saturated carbocycles. The molecule has 13 heavy (non-hydrogen) atoms. The molecule has 0 bridgehead atoms. The first-order valence-corrected chi connectivity index (χ1v) is 4.01. The van der Waals surface area contributed by atoms with E-state index in [0.29, 0.717) is 0 Å². The molecule has 0 aromatic carbocycles. The molecule has 76 valence electrons. The SMILES string of the molecule is CC(=O)[C@](C)(F)C(=O)OC(C)(C)C. The minimum Gasteiger partial charge on any atom is -0.457 e. The molecule has 0 N–H and O–H groups in total. The van der Waals surface area contributed by atoms with Gasteiger partial charge in [-0.05, 0) is 34.6 Å². The average molecular weight is 190 g/mol. The van der Waals surface area contributed by atoms with Crippen LogP contribution in [0.2, 0.25) is 0 Å². The van der Waals surface area contributed by atoms with Crippen LogP contribution < -0.4 is 0 Å². The third kappa shape index (κ3) is 3.53. The fraction of sp³-hybridized carbons (Fsp3) is 0.778. The molecule has 0 rings (SSSR count). The first-order chi connectivity index (χ1) is 5.57. The highest BCUT2D eigenvalue weighted by Crippen LogP contribution is 2.18. The summed E-state index contributed by atoms with van der Waals surface area (Å²) in [5.74, 6) is -1.98. The van der Waals surface area contributed by atoms with Gasteiger partial charge in [-0.3, -0.25) is 4.79 Å². The number of esters is 1. The van der Waals surface area contributed by atoms with E-state index < -0.39 is 23.0 Å². The van der Waals surface area contributed by atoms with E-state index in [1.165, 1.54) is 0 Å². The van der Waals surface area contributed by atoms with Gasteiger partial charge in [-0.25, -0.2) is 9.18 Å². The highest BCUT2D eigenvalue weighted by atomic mass is 19.1. The number of ketones is 1. The van der Waals surface area contributed by atoms with E-state index in [1.807, 2.05) is 0 Å². The molecule has 3 nitrogen and oxygen atoms in total. The molecule has 4 heteroatoms. The number of carbonyl (C=O) groups is 2. The third-order valence-electron chi connectivity index (χ3n) is 1.44. The highest BCUT2D eigenvalue weighted by Gasteiger charge is 2.41. The molecule has 0 aliphatic rings. The number of alkyl halides is 1. The first-order valence-electron chi connectivity index (χ1n) is 4.01. The van der Waals surface area contributed by atoms with Gasteiger partial charge in [0.2, 0.25) is 0 Å². The van der Waals surface area contributed by atoms with Crippen LogP contribution in [0.1, 0.15) is 34.6 Å². The van der Waals surface area contributed by atoms with Gasteiger partial charge in [0, 0.05) is 0 Å². The number of hydrogen-bond donors (Lipinski definition) is 0. The normalized spacial score (nSPS) is 16.2. The van der Waals surface area contributed by atoms with Crippen molar-refractivity contribution >= 4 is 11.8 Å². The third-order valence-corrected chi connectivity index (χ3v) is 1.44. The highest BCUT2D eigenvalue weighted by molar-refractivity contribution is 6.05. The summed E-state index contributed by atoms with van der Waals surface area (Å²) >= 11 is 0. The summed E-state index contributed by atoms with van der Waals surface area (Å²) in [5, 5.41) is 0. The number of carbonyl (C=O) groups excluding carboxylic acids is 2. The Morgan fingerprint density at radius 2 is 1.54 bits per heavy atom. The molecule has 0 aliphatic heterocycles. The van der Waals surface area contributed by atoms with E-state index >= 15 is 0 Å². The largest absolute Gasteiger partial charge is 0.457 e. The summed E-state index contributed by atoms with van der Waals surface area (Å²) in [5.41, 5.74) is -3.31. The van der Waals surface area contributed by atoms with Crippen molar-refractivity contribution in [1.29, 1.82) is 0 Å². The van der Waals surface area contributed by atoms with Crippen LogP contribution in [-0.2, 0) is 14.3 Å². The monoisotopic (exact) mass is 190 g/mol. The molecule has 1 atom stereocenters. The Balaban J connectivity index is 4.53. The predicted molar refractivity (Wildman–Crippen MR) is 46.0 cm³/mol. The maximum Gasteiger partial charge on any atom is 0.351 e. The zero-order chi connectivity index (χ0) is 10.9. The first kappa shape index (κ1) is 12.1. The van der Waals surface area contributed by atoms with E-state index in [1.54, 1.807) is 20.8 Å². The number of hydrogen-bond acceptors (Lipinski definition) is 3. The van der Waals surface area contributed by atoms with E-state index in [9.17, 15) is 14.0 Å². The number of Topliss-reactive ketones (excluding diaryl/α,β-unsaturated/α-hetero) is 1. The van der Waals surface area contributed by atoms with Crippen molar-refractivity contribution in [2.24, 2.45) is 0 Å². The summed E-state index contributed by atoms with van der Waals surface area (Å²) in [6.45, 7) is 6.76. The van der Waals surface area contributed by atoms with Gasteiger partial charge in [-0.2, -0.15) is 0 Å². The zero-order valence-electron chi connectivity index (χ0n) is 8.60. The molecule has 0 aromatic rings. The van der Waals surface area contributed by atoms with Crippen molar-refractivity contribution in [3.05, 3.63) is 0 Å². The van der Waals surface area contributed by atoms with Gasteiger partial charge in [0.05, 0.1) is 0 Å². The van der Waals surface area contributed by atoms with Crippen molar-refractivity contribution in [3.8, 4) is 0 Å². The van der Waals surface area contributed by atoms with Crippen LogP contribution in [0.15, 0.2) is 0 Å². The Hall–Kier alpha value is -0.930. The lowest BCUT2D eigenvalue weighted by molar-refractivity contribution is -0.170. The van der Waals surface area contributed by atoms with Gasteiger partial charge in [0.1, 0.15) is 5.60 Å². The molecule has 0 heterocycles. The summed E-state index contributed by atoms with van der Waals surface area (Å²) in [4.78, 5) is 21.8. The van der Waals surface area contributed by atoms with Crippen LogP contribution in [0.3, 0.4) is 0 Å². The smallest absolute Gasteiger partial charge is 0.351 e. The van der Waals surface area contributed by atoms with Gasteiger partial charge in [-0.1, -0.05) is 0 Å². The summed E-state index contributed by atoms with van der Waals surface area (Å²) < 4.78 is 18.0. The molecular weight excluding hydrogens is 175 g/mol.